The minimum atomic E-state index is -0.276. The number of halogens is 1. The highest BCUT2D eigenvalue weighted by Gasteiger charge is 2.34. The SMILES string of the molecule is CCCN1C(=O)c2ccccc2N[C@H]1c1cn[nH]c1-c1ccc(Cl)cc1. The molecule has 0 radical (unpaired) electrons. The van der Waals surface area contributed by atoms with Crippen molar-refractivity contribution in [3.05, 3.63) is 70.9 Å². The third-order valence-electron chi connectivity index (χ3n) is 4.58. The topological polar surface area (TPSA) is 61.0 Å². The first-order valence-corrected chi connectivity index (χ1v) is 9.02. The summed E-state index contributed by atoms with van der Waals surface area (Å²) in [6, 6.07) is 15.2. The second kappa shape index (κ2) is 6.84. The molecular formula is C20H19ClN4O. The molecular weight excluding hydrogens is 348 g/mol. The van der Waals surface area contributed by atoms with Crippen molar-refractivity contribution < 1.29 is 4.79 Å². The van der Waals surface area contributed by atoms with Gasteiger partial charge in [-0.3, -0.25) is 9.89 Å². The fraction of sp³-hybridized carbons (Fsp3) is 0.200. The molecule has 4 rings (SSSR count). The molecule has 1 aliphatic rings. The monoisotopic (exact) mass is 366 g/mol. The average molecular weight is 367 g/mol. The maximum absolute atomic E-state index is 13.0. The minimum Gasteiger partial charge on any atom is -0.361 e. The number of nitrogens with zero attached hydrogens (tertiary/aromatic N) is 2. The number of hydrogen-bond donors (Lipinski definition) is 2. The van der Waals surface area contributed by atoms with Crippen molar-refractivity contribution in [2.45, 2.75) is 19.5 Å². The highest BCUT2D eigenvalue weighted by molar-refractivity contribution is 6.30. The van der Waals surface area contributed by atoms with Gasteiger partial charge < -0.3 is 10.2 Å². The van der Waals surface area contributed by atoms with Crippen LogP contribution in [0.15, 0.2) is 54.7 Å². The molecule has 0 saturated carbocycles. The van der Waals surface area contributed by atoms with Gasteiger partial charge in [0.05, 0.1) is 17.5 Å². The lowest BCUT2D eigenvalue weighted by molar-refractivity contribution is 0.0684. The van der Waals surface area contributed by atoms with E-state index >= 15 is 0 Å². The molecule has 2 N–H and O–H groups in total. The van der Waals surface area contributed by atoms with Crippen molar-refractivity contribution in [3.8, 4) is 11.3 Å². The van der Waals surface area contributed by atoms with Gasteiger partial charge in [-0.25, -0.2) is 0 Å². The normalized spacial score (nSPS) is 16.3. The summed E-state index contributed by atoms with van der Waals surface area (Å²) in [5, 5.41) is 11.5. The molecule has 132 valence electrons. The Bertz CT molecular complexity index is 935. The standard InChI is InChI=1S/C20H19ClN4O/c1-2-11-25-19(23-17-6-4-3-5-15(17)20(25)26)16-12-22-24-18(16)13-7-9-14(21)10-8-13/h3-10,12,19,23H,2,11H2,1H3,(H,22,24)/t19-/m1/s1. The lowest BCUT2D eigenvalue weighted by Crippen LogP contribution is -2.43. The van der Waals surface area contributed by atoms with Gasteiger partial charge in [-0.2, -0.15) is 5.10 Å². The van der Waals surface area contributed by atoms with E-state index in [0.717, 1.165) is 28.9 Å². The van der Waals surface area contributed by atoms with Crippen molar-refractivity contribution in [1.29, 1.82) is 0 Å². The molecule has 2 heterocycles. The van der Waals surface area contributed by atoms with Crippen molar-refractivity contribution in [2.75, 3.05) is 11.9 Å². The number of aromatic nitrogens is 2. The van der Waals surface area contributed by atoms with E-state index in [0.29, 0.717) is 17.1 Å². The first-order valence-electron chi connectivity index (χ1n) is 8.64. The van der Waals surface area contributed by atoms with Gasteiger partial charge in [-0.15, -0.1) is 0 Å². The number of anilines is 1. The molecule has 1 aromatic heterocycles. The Morgan fingerprint density at radius 2 is 1.92 bits per heavy atom. The molecule has 3 aromatic rings. The van der Waals surface area contributed by atoms with E-state index < -0.39 is 0 Å². The van der Waals surface area contributed by atoms with E-state index in [9.17, 15) is 4.79 Å². The van der Waals surface area contributed by atoms with Crippen LogP contribution in [0, 0.1) is 0 Å². The summed E-state index contributed by atoms with van der Waals surface area (Å²) in [5.74, 6) is 0.0365. The van der Waals surface area contributed by atoms with Gasteiger partial charge >= 0.3 is 0 Å². The summed E-state index contributed by atoms with van der Waals surface area (Å²) in [4.78, 5) is 14.9. The quantitative estimate of drug-likeness (QED) is 0.703. The highest BCUT2D eigenvalue weighted by Crippen LogP contribution is 2.36. The van der Waals surface area contributed by atoms with Gasteiger partial charge in [0.25, 0.3) is 5.91 Å². The fourth-order valence-electron chi connectivity index (χ4n) is 3.36. The Hall–Kier alpha value is -2.79. The van der Waals surface area contributed by atoms with Crippen LogP contribution < -0.4 is 5.32 Å². The maximum atomic E-state index is 13.0. The second-order valence-electron chi connectivity index (χ2n) is 6.30. The largest absolute Gasteiger partial charge is 0.361 e. The molecule has 0 aliphatic carbocycles. The number of para-hydroxylation sites is 1. The molecule has 0 fully saturated rings. The summed E-state index contributed by atoms with van der Waals surface area (Å²) < 4.78 is 0. The third kappa shape index (κ3) is 2.84. The molecule has 5 nitrogen and oxygen atoms in total. The van der Waals surface area contributed by atoms with Crippen LogP contribution in [-0.4, -0.2) is 27.5 Å². The number of hydrogen-bond acceptors (Lipinski definition) is 3. The van der Waals surface area contributed by atoms with Crippen LogP contribution >= 0.6 is 11.6 Å². The zero-order chi connectivity index (χ0) is 18.1. The average Bonchev–Trinajstić information content (AvgIpc) is 3.14. The predicted octanol–water partition coefficient (Wildman–Crippen LogP) is 4.71. The Labute approximate surface area is 157 Å². The number of nitrogens with one attached hydrogen (secondary N) is 2. The van der Waals surface area contributed by atoms with Crippen LogP contribution in [0.1, 0.15) is 35.4 Å². The number of H-pyrrole nitrogens is 1. The number of carbonyl (C=O) groups is 1. The lowest BCUT2D eigenvalue weighted by atomic mass is 10.0. The fourth-order valence-corrected chi connectivity index (χ4v) is 3.49. The summed E-state index contributed by atoms with van der Waals surface area (Å²) in [6.45, 7) is 2.73. The number of aromatic amines is 1. The van der Waals surface area contributed by atoms with Crippen molar-refractivity contribution in [1.82, 2.24) is 15.1 Å². The molecule has 6 heteroatoms. The molecule has 0 bridgehead atoms. The zero-order valence-electron chi connectivity index (χ0n) is 14.4. The lowest BCUT2D eigenvalue weighted by Gasteiger charge is -2.37. The molecule has 1 aliphatic heterocycles. The summed E-state index contributed by atoms with van der Waals surface area (Å²) in [6.07, 6.45) is 2.38. The van der Waals surface area contributed by atoms with E-state index in [1.54, 1.807) is 6.20 Å². The predicted molar refractivity (Wildman–Crippen MR) is 103 cm³/mol. The molecule has 26 heavy (non-hydrogen) atoms. The number of fused-ring (bicyclic) bond motifs is 1. The number of rotatable bonds is 4. The smallest absolute Gasteiger partial charge is 0.257 e. The molecule has 0 spiro atoms. The van der Waals surface area contributed by atoms with Crippen LogP contribution in [-0.2, 0) is 0 Å². The van der Waals surface area contributed by atoms with Crippen molar-refractivity contribution in [2.24, 2.45) is 0 Å². The first kappa shape index (κ1) is 16.7. The highest BCUT2D eigenvalue weighted by atomic mass is 35.5. The van der Waals surface area contributed by atoms with Crippen molar-refractivity contribution in [3.63, 3.8) is 0 Å². The number of amides is 1. The van der Waals surface area contributed by atoms with E-state index in [1.807, 2.05) is 53.4 Å². The Morgan fingerprint density at radius 1 is 1.15 bits per heavy atom. The van der Waals surface area contributed by atoms with Crippen LogP contribution in [0.25, 0.3) is 11.3 Å². The Morgan fingerprint density at radius 3 is 2.69 bits per heavy atom. The van der Waals surface area contributed by atoms with E-state index in [4.69, 9.17) is 11.6 Å². The Kier molecular flexibility index (Phi) is 4.39. The van der Waals surface area contributed by atoms with Gasteiger partial charge in [0.2, 0.25) is 0 Å². The van der Waals surface area contributed by atoms with Gasteiger partial charge in [0, 0.05) is 28.4 Å². The number of benzene rings is 2. The molecule has 1 atom stereocenters. The van der Waals surface area contributed by atoms with Crippen LogP contribution in [0.4, 0.5) is 5.69 Å². The van der Waals surface area contributed by atoms with Crippen LogP contribution in [0.5, 0.6) is 0 Å². The third-order valence-corrected chi connectivity index (χ3v) is 4.83. The van der Waals surface area contributed by atoms with E-state index in [-0.39, 0.29) is 12.1 Å². The van der Waals surface area contributed by atoms with E-state index in [2.05, 4.69) is 22.4 Å². The van der Waals surface area contributed by atoms with Gasteiger partial charge in [0.15, 0.2) is 0 Å². The minimum absolute atomic E-state index is 0.0365. The molecule has 0 saturated heterocycles. The Balaban J connectivity index is 1.78. The molecule has 2 aromatic carbocycles. The zero-order valence-corrected chi connectivity index (χ0v) is 15.1. The second-order valence-corrected chi connectivity index (χ2v) is 6.73. The van der Waals surface area contributed by atoms with Gasteiger partial charge in [0.1, 0.15) is 6.17 Å². The summed E-state index contributed by atoms with van der Waals surface area (Å²) >= 11 is 6.01. The molecule has 1 amide bonds. The van der Waals surface area contributed by atoms with E-state index in [1.165, 1.54) is 0 Å². The maximum Gasteiger partial charge on any atom is 0.257 e. The van der Waals surface area contributed by atoms with Gasteiger partial charge in [-0.05, 0) is 30.7 Å². The molecule has 0 unspecified atom stereocenters. The summed E-state index contributed by atoms with van der Waals surface area (Å²) in [5.41, 5.74) is 4.34. The van der Waals surface area contributed by atoms with Crippen molar-refractivity contribution >= 4 is 23.2 Å². The first-order chi connectivity index (χ1) is 12.7. The van der Waals surface area contributed by atoms with Gasteiger partial charge in [-0.1, -0.05) is 42.8 Å². The van der Waals surface area contributed by atoms with Crippen LogP contribution in [0.2, 0.25) is 5.02 Å². The van der Waals surface area contributed by atoms with Crippen LogP contribution in [0.3, 0.4) is 0 Å². The summed E-state index contributed by atoms with van der Waals surface area (Å²) in [7, 11) is 0. The number of carbonyl (C=O) groups excluding carboxylic acids is 1.